The second-order valence-corrected chi connectivity index (χ2v) is 30.8. The Hall–Kier alpha value is -4.70. The van der Waals surface area contributed by atoms with Crippen molar-refractivity contribution in [3.63, 3.8) is 0 Å². The smallest absolute Gasteiger partial charge is 0.272 e. The summed E-state index contributed by atoms with van der Waals surface area (Å²) in [5, 5.41) is 1.24. The van der Waals surface area contributed by atoms with Crippen molar-refractivity contribution in [1.82, 2.24) is 0 Å². The molecule has 0 bridgehead atoms. The normalized spacial score (nSPS) is 14.8. The summed E-state index contributed by atoms with van der Waals surface area (Å²) in [5.74, 6) is -29.5. The molecule has 0 N–H and O–H groups in total. The van der Waals surface area contributed by atoms with Gasteiger partial charge < -0.3 is 4.57 Å². The third-order valence-electron chi connectivity index (χ3n) is 13.5. The van der Waals surface area contributed by atoms with Crippen molar-refractivity contribution in [2.45, 2.75) is 81.5 Å². The Morgan fingerprint density at radius 2 is 0.773 bits per heavy atom. The highest BCUT2D eigenvalue weighted by Crippen LogP contribution is 2.83. The average molecular weight is 969 g/mol. The summed E-state index contributed by atoms with van der Waals surface area (Å²) in [4.78, 5) is 0.396. The lowest BCUT2D eigenvalue weighted by Gasteiger charge is -2.65. The molecular formula is C51H49BF10OP2Si. The maximum atomic E-state index is 17.6. The van der Waals surface area contributed by atoms with Crippen molar-refractivity contribution in [3.05, 3.63) is 186 Å². The second kappa shape index (κ2) is 17.1. The van der Waals surface area contributed by atoms with Crippen LogP contribution >= 0.6 is 14.3 Å². The van der Waals surface area contributed by atoms with Crippen LogP contribution in [0.5, 0.6) is 0 Å². The predicted molar refractivity (Wildman–Crippen MR) is 254 cm³/mol. The van der Waals surface area contributed by atoms with Crippen LogP contribution in [0.2, 0.25) is 19.6 Å². The third-order valence-corrected chi connectivity index (χ3v) is 27.5. The molecule has 0 unspecified atom stereocenters. The molecule has 1 nitrogen and oxygen atoms in total. The quantitative estimate of drug-likeness (QED) is 0.0440. The van der Waals surface area contributed by atoms with E-state index in [9.17, 15) is 0 Å². The van der Waals surface area contributed by atoms with Crippen LogP contribution in [0.1, 0.15) is 50.9 Å². The van der Waals surface area contributed by atoms with Gasteiger partial charge in [0.15, 0.2) is 34.9 Å². The van der Waals surface area contributed by atoms with E-state index in [2.05, 4.69) is 0 Å². The highest BCUT2D eigenvalue weighted by atomic mass is 31.2. The van der Waals surface area contributed by atoms with Gasteiger partial charge in [0, 0.05) is 16.8 Å². The van der Waals surface area contributed by atoms with E-state index in [0.29, 0.717) is 48.9 Å². The fourth-order valence-electron chi connectivity index (χ4n) is 11.8. The molecule has 15 heteroatoms. The molecule has 346 valence electrons. The van der Waals surface area contributed by atoms with Gasteiger partial charge in [0.25, 0.3) is 5.87 Å². The molecule has 0 saturated carbocycles. The Labute approximate surface area is 381 Å². The number of hydrogen-bond acceptors (Lipinski definition) is 1. The van der Waals surface area contributed by atoms with Crippen molar-refractivity contribution in [2.24, 2.45) is 0 Å². The number of benzene rings is 6. The van der Waals surface area contributed by atoms with Crippen molar-refractivity contribution in [1.29, 1.82) is 0 Å². The molecule has 1 aliphatic rings. The first-order chi connectivity index (χ1) is 30.7. The molecule has 0 saturated heterocycles. The minimum absolute atomic E-state index is 0.187. The molecule has 0 atom stereocenters. The largest absolute Gasteiger partial charge is 0.314 e. The van der Waals surface area contributed by atoms with Crippen LogP contribution in [-0.4, -0.2) is 20.1 Å². The molecule has 1 heterocycles. The Morgan fingerprint density at radius 3 is 1.08 bits per heavy atom. The lowest BCUT2D eigenvalue weighted by Crippen LogP contribution is -2.76. The van der Waals surface area contributed by atoms with Gasteiger partial charge in [-0.2, -0.15) is 0 Å². The van der Waals surface area contributed by atoms with Gasteiger partial charge in [-0.25, -0.2) is 43.9 Å². The van der Waals surface area contributed by atoms with Gasteiger partial charge in [-0.15, -0.1) is 5.47 Å². The van der Waals surface area contributed by atoms with Gasteiger partial charge in [-0.05, 0) is 113 Å². The Kier molecular flexibility index (Phi) is 12.8. The van der Waals surface area contributed by atoms with E-state index in [1.165, 1.54) is 12.1 Å². The molecule has 0 amide bonds. The lowest BCUT2D eigenvalue weighted by molar-refractivity contribution is 0.382. The zero-order valence-corrected chi connectivity index (χ0v) is 41.3. The van der Waals surface area contributed by atoms with Crippen molar-refractivity contribution in [2.75, 3.05) is 6.16 Å². The summed E-state index contributed by atoms with van der Waals surface area (Å²) in [6.45, 7) is 19.6. The van der Waals surface area contributed by atoms with Crippen LogP contribution in [0.25, 0.3) is 0 Å². The molecule has 0 spiro atoms. The zero-order chi connectivity index (χ0) is 48.9. The van der Waals surface area contributed by atoms with E-state index in [-0.39, 0.29) is 16.1 Å². The Bertz CT molecular complexity index is 2840. The molecular weight excluding hydrogens is 919 g/mol. The van der Waals surface area contributed by atoms with Crippen LogP contribution in [0, 0.1) is 114 Å². The van der Waals surface area contributed by atoms with E-state index in [1.807, 2.05) is 57.8 Å². The van der Waals surface area contributed by atoms with Crippen molar-refractivity contribution >= 4 is 60.4 Å². The van der Waals surface area contributed by atoms with Crippen LogP contribution < -0.4 is 32.1 Å². The van der Waals surface area contributed by atoms with Gasteiger partial charge in [0.1, 0.15) is 38.5 Å². The first kappa shape index (κ1) is 49.2. The second-order valence-electron chi connectivity index (χ2n) is 18.9. The summed E-state index contributed by atoms with van der Waals surface area (Å²) < 4.78 is 182. The number of rotatable bonds is 10. The van der Waals surface area contributed by atoms with E-state index < -0.39 is 110 Å². The fraction of sp³-hybridized carbons (Fsp3) is 0.255. The minimum atomic E-state index is -4.55. The van der Waals surface area contributed by atoms with Crippen LogP contribution in [0.4, 0.5) is 43.9 Å². The summed E-state index contributed by atoms with van der Waals surface area (Å²) >= 11 is 0. The maximum absolute atomic E-state index is 17.6. The SMILES string of the molecule is Cc1cc(C)c(P(=O)(CCC2=C([Si](C)(C)C)[P+](c3ccccc3C)(c3ccccc3C)[B-]2(c2c(F)c(F)c(F)c(F)c2F)c2c(F)c(F)c(F)c(F)c2F)c2c(C)cc(C)cc2C)c(C)c1. The van der Waals surface area contributed by atoms with Gasteiger partial charge in [-0.3, -0.25) is 0 Å². The number of aryl methyl sites for hydroxylation is 8. The molecule has 0 fully saturated rings. The molecule has 7 rings (SSSR count). The van der Waals surface area contributed by atoms with Crippen LogP contribution in [-0.2, 0) is 4.57 Å². The number of hydrogen-bond donors (Lipinski definition) is 0. The average Bonchev–Trinajstić information content (AvgIpc) is 3.22. The van der Waals surface area contributed by atoms with Gasteiger partial charge in [0.2, 0.25) is 0 Å². The maximum Gasteiger partial charge on any atom is 0.272 e. The molecule has 6 aromatic rings. The first-order valence-electron chi connectivity index (χ1n) is 21.4. The van der Waals surface area contributed by atoms with Crippen LogP contribution in [0.3, 0.4) is 0 Å². The monoisotopic (exact) mass is 968 g/mol. The molecule has 66 heavy (non-hydrogen) atoms. The van der Waals surface area contributed by atoms with Crippen LogP contribution in [0.15, 0.2) is 83.2 Å². The third kappa shape index (κ3) is 6.95. The minimum Gasteiger partial charge on any atom is -0.314 e. The highest BCUT2D eigenvalue weighted by Gasteiger charge is 2.75. The molecule has 0 radical (unpaired) electrons. The lowest BCUT2D eigenvalue weighted by atomic mass is 9.32. The first-order valence-corrected chi connectivity index (χ1v) is 28.7. The summed E-state index contributed by atoms with van der Waals surface area (Å²) in [5.41, 5.74) is 1.28. The summed E-state index contributed by atoms with van der Waals surface area (Å²) in [6.07, 6.45) is -1.00. The molecule has 6 aromatic carbocycles. The number of halogens is 10. The fourth-order valence-corrected chi connectivity index (χ4v) is 28.9. The molecule has 0 aliphatic carbocycles. The summed E-state index contributed by atoms with van der Waals surface area (Å²) in [6, 6.07) is 20.0. The van der Waals surface area contributed by atoms with Gasteiger partial charge in [0.05, 0.1) is 10.6 Å². The van der Waals surface area contributed by atoms with E-state index in [4.69, 9.17) is 0 Å². The standard InChI is InChI=1S/C51H49BF10OP2Si/c1-26-22-30(5)49(31(6)23-26)64(63,50-32(7)24-27(2)25-33(50)8)21-20-34-51(66(9,10)11)65(35-18-14-12-16-28(35)3,36-19-15-13-17-29(36)4)52(34,37-39(53)43(57)47(61)44(58)40(37)54)38-41(55)45(59)48(62)46(60)42(38)56/h12-19,22-25H,20-21H2,1-11H3. The van der Waals surface area contributed by atoms with Crippen molar-refractivity contribution < 1.29 is 48.5 Å². The van der Waals surface area contributed by atoms with E-state index >= 15 is 48.5 Å². The zero-order valence-electron chi connectivity index (χ0n) is 38.5. The van der Waals surface area contributed by atoms with Crippen molar-refractivity contribution in [3.8, 4) is 0 Å². The van der Waals surface area contributed by atoms with E-state index in [1.54, 1.807) is 77.9 Å². The van der Waals surface area contributed by atoms with E-state index in [0.717, 1.165) is 11.1 Å². The van der Waals surface area contributed by atoms with Gasteiger partial charge >= 0.3 is 0 Å². The topological polar surface area (TPSA) is 17.1 Å². The van der Waals surface area contributed by atoms with Gasteiger partial charge in [-0.1, -0.05) is 109 Å². The Balaban J connectivity index is 1.83. The molecule has 0 aromatic heterocycles. The molecule has 1 aliphatic heterocycles. The highest BCUT2D eigenvalue weighted by molar-refractivity contribution is 8.28. The Morgan fingerprint density at radius 1 is 0.470 bits per heavy atom. The predicted octanol–water partition coefficient (Wildman–Crippen LogP) is 12.4. The number of allylic oxidation sites excluding steroid dienone is 1. The summed E-state index contributed by atoms with van der Waals surface area (Å²) in [7, 11) is -11.8.